The largest absolute Gasteiger partial charge is 0.467 e. The van der Waals surface area contributed by atoms with E-state index in [0.29, 0.717) is 18.1 Å². The number of nitrogens with zero attached hydrogens (tertiary/aromatic N) is 1. The van der Waals surface area contributed by atoms with Crippen LogP contribution in [0.2, 0.25) is 0 Å². The molecular weight excluding hydrogens is 448 g/mol. The summed E-state index contributed by atoms with van der Waals surface area (Å²) >= 11 is 0. The fourth-order valence-electron chi connectivity index (χ4n) is 5.16. The maximum absolute atomic E-state index is 13.8. The van der Waals surface area contributed by atoms with E-state index in [9.17, 15) is 13.2 Å². The van der Waals surface area contributed by atoms with Gasteiger partial charge in [0.1, 0.15) is 11.8 Å². The van der Waals surface area contributed by atoms with Crippen LogP contribution in [0.1, 0.15) is 60.5 Å². The van der Waals surface area contributed by atoms with Gasteiger partial charge in [-0.25, -0.2) is 8.42 Å². The maximum atomic E-state index is 13.8. The molecule has 1 amide bonds. The highest BCUT2D eigenvalue weighted by Gasteiger charge is 2.39. The Labute approximate surface area is 201 Å². The van der Waals surface area contributed by atoms with Crippen LogP contribution in [-0.4, -0.2) is 24.7 Å². The van der Waals surface area contributed by atoms with Gasteiger partial charge in [-0.1, -0.05) is 55.7 Å². The SMILES string of the molecule is O=C(NCc1ccco1)[C@H]1Cc2ccccc2CN1S(=O)(=O)c1ccc(C2CCCCC2)cc1. The van der Waals surface area contributed by atoms with Gasteiger partial charge in [-0.15, -0.1) is 0 Å². The molecule has 3 aromatic rings. The van der Waals surface area contributed by atoms with Gasteiger partial charge in [-0.2, -0.15) is 4.31 Å². The van der Waals surface area contributed by atoms with Crippen LogP contribution in [0, 0.1) is 0 Å². The number of carbonyl (C=O) groups excluding carboxylic acids is 1. The highest BCUT2D eigenvalue weighted by molar-refractivity contribution is 7.89. The summed E-state index contributed by atoms with van der Waals surface area (Å²) in [6, 6.07) is 17.7. The van der Waals surface area contributed by atoms with Crippen molar-refractivity contribution in [2.75, 3.05) is 0 Å². The molecule has 1 N–H and O–H groups in total. The van der Waals surface area contributed by atoms with Gasteiger partial charge in [0.25, 0.3) is 0 Å². The number of amides is 1. The Hall–Kier alpha value is -2.90. The Morgan fingerprint density at radius 2 is 1.68 bits per heavy atom. The topological polar surface area (TPSA) is 79.6 Å². The second kappa shape index (κ2) is 9.76. The smallest absolute Gasteiger partial charge is 0.244 e. The molecule has 0 unspecified atom stereocenters. The molecule has 2 aromatic carbocycles. The summed E-state index contributed by atoms with van der Waals surface area (Å²) in [5.74, 6) is 0.804. The van der Waals surface area contributed by atoms with Crippen LogP contribution in [-0.2, 0) is 34.3 Å². The summed E-state index contributed by atoms with van der Waals surface area (Å²) in [5.41, 5.74) is 3.13. The van der Waals surface area contributed by atoms with Crippen molar-refractivity contribution in [3.63, 3.8) is 0 Å². The third kappa shape index (κ3) is 4.68. The lowest BCUT2D eigenvalue weighted by atomic mass is 9.84. The highest BCUT2D eigenvalue weighted by Crippen LogP contribution is 2.34. The maximum Gasteiger partial charge on any atom is 0.244 e. The molecule has 6 nitrogen and oxygen atoms in total. The second-order valence-electron chi connectivity index (χ2n) is 9.24. The minimum Gasteiger partial charge on any atom is -0.467 e. The number of furan rings is 1. The van der Waals surface area contributed by atoms with E-state index in [-0.39, 0.29) is 23.9 Å². The molecule has 1 fully saturated rings. The predicted molar refractivity (Wildman–Crippen MR) is 129 cm³/mol. The first-order valence-corrected chi connectivity index (χ1v) is 13.4. The zero-order valence-electron chi connectivity index (χ0n) is 19.2. The Morgan fingerprint density at radius 3 is 2.38 bits per heavy atom. The van der Waals surface area contributed by atoms with Crippen LogP contribution in [0.25, 0.3) is 0 Å². The first-order valence-electron chi connectivity index (χ1n) is 12.0. The van der Waals surface area contributed by atoms with Crippen molar-refractivity contribution in [1.29, 1.82) is 0 Å². The van der Waals surface area contributed by atoms with E-state index in [1.807, 2.05) is 36.4 Å². The van der Waals surface area contributed by atoms with Gasteiger partial charge in [0.05, 0.1) is 17.7 Å². The van der Waals surface area contributed by atoms with Crippen molar-refractivity contribution in [1.82, 2.24) is 9.62 Å². The lowest BCUT2D eigenvalue weighted by molar-refractivity contribution is -0.125. The molecule has 7 heteroatoms. The van der Waals surface area contributed by atoms with Crippen molar-refractivity contribution in [2.24, 2.45) is 0 Å². The molecule has 0 bridgehead atoms. The van der Waals surface area contributed by atoms with Gasteiger partial charge in [0, 0.05) is 6.54 Å². The summed E-state index contributed by atoms with van der Waals surface area (Å²) in [6.45, 7) is 0.385. The van der Waals surface area contributed by atoms with Gasteiger partial charge in [0.2, 0.25) is 15.9 Å². The van der Waals surface area contributed by atoms with E-state index in [1.165, 1.54) is 29.1 Å². The molecular formula is C27H30N2O4S. The van der Waals surface area contributed by atoms with Gasteiger partial charge in [0.15, 0.2) is 0 Å². The zero-order valence-corrected chi connectivity index (χ0v) is 20.0. The van der Waals surface area contributed by atoms with Crippen LogP contribution in [0.3, 0.4) is 0 Å². The fourth-order valence-corrected chi connectivity index (χ4v) is 6.73. The van der Waals surface area contributed by atoms with E-state index in [4.69, 9.17) is 4.42 Å². The zero-order chi connectivity index (χ0) is 23.5. The second-order valence-corrected chi connectivity index (χ2v) is 11.1. The molecule has 1 saturated carbocycles. The van der Waals surface area contributed by atoms with Gasteiger partial charge in [-0.05, 0) is 66.1 Å². The number of fused-ring (bicyclic) bond motifs is 1. The quantitative estimate of drug-likeness (QED) is 0.554. The number of rotatable bonds is 6. The predicted octanol–water partition coefficient (Wildman–Crippen LogP) is 4.76. The van der Waals surface area contributed by atoms with Crippen LogP contribution < -0.4 is 5.32 Å². The van der Waals surface area contributed by atoms with Gasteiger partial charge < -0.3 is 9.73 Å². The number of benzene rings is 2. The first-order chi connectivity index (χ1) is 16.5. The van der Waals surface area contributed by atoms with Gasteiger partial charge in [-0.3, -0.25) is 4.79 Å². The van der Waals surface area contributed by atoms with Gasteiger partial charge >= 0.3 is 0 Å². The van der Waals surface area contributed by atoms with Crippen LogP contribution in [0.15, 0.2) is 76.2 Å². The summed E-state index contributed by atoms with van der Waals surface area (Å²) in [7, 11) is -3.87. The molecule has 2 aliphatic rings. The third-order valence-electron chi connectivity index (χ3n) is 7.09. The summed E-state index contributed by atoms with van der Waals surface area (Å²) in [4.78, 5) is 13.4. The third-order valence-corrected chi connectivity index (χ3v) is 8.96. The minimum absolute atomic E-state index is 0.168. The van der Waals surface area contributed by atoms with Crippen molar-refractivity contribution in [3.8, 4) is 0 Å². The Kier molecular flexibility index (Phi) is 6.57. The molecule has 5 rings (SSSR count). The van der Waals surface area contributed by atoms with Crippen molar-refractivity contribution < 1.29 is 17.6 Å². The van der Waals surface area contributed by atoms with Crippen LogP contribution in [0.4, 0.5) is 0 Å². The summed E-state index contributed by atoms with van der Waals surface area (Å²) in [5, 5.41) is 2.85. The van der Waals surface area contributed by atoms with E-state index in [2.05, 4.69) is 5.32 Å². The average Bonchev–Trinajstić information content (AvgIpc) is 3.41. The average molecular weight is 479 g/mol. The minimum atomic E-state index is -3.87. The highest BCUT2D eigenvalue weighted by atomic mass is 32.2. The summed E-state index contributed by atoms with van der Waals surface area (Å²) in [6.07, 6.45) is 7.94. The molecule has 178 valence electrons. The standard InChI is InChI=1S/C27H30N2O4S/c30-27(28-18-24-11-6-16-33-24)26-17-22-9-4-5-10-23(22)19-29(26)34(31,32)25-14-12-21(13-15-25)20-7-2-1-3-8-20/h4-6,9-16,20,26H,1-3,7-8,17-19H2,(H,28,30)/t26-/m1/s1. The number of sulfonamides is 1. The molecule has 2 heterocycles. The summed E-state index contributed by atoms with van der Waals surface area (Å²) < 4.78 is 34.2. The Bertz CT molecular complexity index is 1230. The first kappa shape index (κ1) is 22.9. The molecule has 1 aliphatic heterocycles. The lowest BCUT2D eigenvalue weighted by Gasteiger charge is -2.35. The van der Waals surface area contributed by atoms with E-state index in [1.54, 1.807) is 30.5 Å². The number of hydrogen-bond donors (Lipinski definition) is 1. The van der Waals surface area contributed by atoms with E-state index >= 15 is 0 Å². The van der Waals surface area contributed by atoms with Crippen LogP contribution in [0.5, 0.6) is 0 Å². The molecule has 0 radical (unpaired) electrons. The molecule has 1 aromatic heterocycles. The van der Waals surface area contributed by atoms with Crippen molar-refractivity contribution in [3.05, 3.63) is 89.4 Å². The number of hydrogen-bond acceptors (Lipinski definition) is 4. The van der Waals surface area contributed by atoms with E-state index in [0.717, 1.165) is 24.0 Å². The van der Waals surface area contributed by atoms with Crippen LogP contribution >= 0.6 is 0 Å². The molecule has 0 spiro atoms. The normalized spacial score (nSPS) is 19.5. The molecule has 1 atom stereocenters. The molecule has 1 aliphatic carbocycles. The number of nitrogens with one attached hydrogen (secondary N) is 1. The Balaban J connectivity index is 1.41. The van der Waals surface area contributed by atoms with E-state index < -0.39 is 16.1 Å². The molecule has 0 saturated heterocycles. The molecule has 34 heavy (non-hydrogen) atoms. The lowest BCUT2D eigenvalue weighted by Crippen LogP contribution is -2.52. The van der Waals surface area contributed by atoms with Crippen molar-refractivity contribution in [2.45, 2.75) is 68.5 Å². The monoisotopic (exact) mass is 478 g/mol. The Morgan fingerprint density at radius 1 is 0.941 bits per heavy atom. The fraction of sp³-hybridized carbons (Fsp3) is 0.370. The number of carbonyl (C=O) groups is 1. The van der Waals surface area contributed by atoms with Crippen molar-refractivity contribution >= 4 is 15.9 Å².